The van der Waals surface area contributed by atoms with E-state index < -0.39 is 15.1 Å². The Hall–Kier alpha value is -2.94. The molecule has 8 nitrogen and oxygen atoms in total. The molecular formula is C22H28N4O4S. The number of nitrogens with zero attached hydrogens (tertiary/aromatic N) is 2. The van der Waals surface area contributed by atoms with Crippen LogP contribution in [0.1, 0.15) is 38.7 Å². The van der Waals surface area contributed by atoms with Gasteiger partial charge in [-0.3, -0.25) is 9.78 Å². The van der Waals surface area contributed by atoms with E-state index in [-0.39, 0.29) is 22.9 Å². The van der Waals surface area contributed by atoms with E-state index in [4.69, 9.17) is 0 Å². The van der Waals surface area contributed by atoms with E-state index in [1.54, 1.807) is 35.5 Å². The summed E-state index contributed by atoms with van der Waals surface area (Å²) < 4.78 is 26.1. The Morgan fingerprint density at radius 2 is 1.90 bits per heavy atom. The smallest absolute Gasteiger partial charge is 0.319 e. The summed E-state index contributed by atoms with van der Waals surface area (Å²) in [4.78, 5) is 29.8. The van der Waals surface area contributed by atoms with Gasteiger partial charge in [0.2, 0.25) is 5.91 Å². The zero-order chi connectivity index (χ0) is 22.4. The SMILES string of the molecule is CCN(C(C)=O)[C@H]1CCC(S(=O)(=O)c2ccc(NC(=O)NCc3cccnc3)cc2)C1. The number of nitrogens with one attached hydrogen (secondary N) is 2. The van der Waals surface area contributed by atoms with Crippen molar-refractivity contribution in [3.63, 3.8) is 0 Å². The first-order valence-electron chi connectivity index (χ1n) is 10.4. The average molecular weight is 445 g/mol. The van der Waals surface area contributed by atoms with E-state index in [0.717, 1.165) is 5.56 Å². The Morgan fingerprint density at radius 3 is 2.52 bits per heavy atom. The van der Waals surface area contributed by atoms with E-state index in [0.29, 0.717) is 38.0 Å². The largest absolute Gasteiger partial charge is 0.340 e. The third kappa shape index (κ3) is 5.61. The lowest BCUT2D eigenvalue weighted by molar-refractivity contribution is -0.130. The molecule has 2 aromatic rings. The Kier molecular flexibility index (Phi) is 7.27. The first kappa shape index (κ1) is 22.7. The van der Waals surface area contributed by atoms with Gasteiger partial charge in [0.1, 0.15) is 0 Å². The summed E-state index contributed by atoms with van der Waals surface area (Å²) in [6.07, 6.45) is 5.01. The Balaban J connectivity index is 1.58. The van der Waals surface area contributed by atoms with Gasteiger partial charge in [0.15, 0.2) is 9.84 Å². The number of carbonyl (C=O) groups excluding carboxylic acids is 2. The quantitative estimate of drug-likeness (QED) is 0.683. The van der Waals surface area contributed by atoms with Crippen molar-refractivity contribution in [1.29, 1.82) is 0 Å². The molecule has 1 saturated carbocycles. The molecule has 2 N–H and O–H groups in total. The summed E-state index contributed by atoms with van der Waals surface area (Å²) in [6.45, 7) is 4.34. The lowest BCUT2D eigenvalue weighted by atomic mass is 10.2. The lowest BCUT2D eigenvalue weighted by Gasteiger charge is -2.26. The van der Waals surface area contributed by atoms with Crippen LogP contribution < -0.4 is 10.6 Å². The van der Waals surface area contributed by atoms with Crippen LogP contribution in [-0.4, -0.2) is 48.1 Å². The lowest BCUT2D eigenvalue weighted by Crippen LogP contribution is -2.37. The molecule has 1 heterocycles. The van der Waals surface area contributed by atoms with Crippen molar-refractivity contribution in [2.24, 2.45) is 0 Å². The second-order valence-corrected chi connectivity index (χ2v) is 9.86. The molecule has 9 heteroatoms. The van der Waals surface area contributed by atoms with Crippen LogP contribution in [0.3, 0.4) is 0 Å². The van der Waals surface area contributed by atoms with Crippen molar-refractivity contribution in [3.8, 4) is 0 Å². The fourth-order valence-electron chi connectivity index (χ4n) is 4.00. The van der Waals surface area contributed by atoms with E-state index >= 15 is 0 Å². The maximum atomic E-state index is 13.0. The van der Waals surface area contributed by atoms with Crippen LogP contribution in [0.2, 0.25) is 0 Å². The number of anilines is 1. The van der Waals surface area contributed by atoms with Crippen LogP contribution in [0.5, 0.6) is 0 Å². The van der Waals surface area contributed by atoms with Gasteiger partial charge in [-0.1, -0.05) is 6.07 Å². The van der Waals surface area contributed by atoms with Gasteiger partial charge in [-0.25, -0.2) is 13.2 Å². The summed E-state index contributed by atoms with van der Waals surface area (Å²) >= 11 is 0. The summed E-state index contributed by atoms with van der Waals surface area (Å²) in [7, 11) is -3.50. The van der Waals surface area contributed by atoms with Gasteiger partial charge in [0, 0.05) is 44.1 Å². The number of rotatable bonds is 7. The molecule has 2 atom stereocenters. The fraction of sp³-hybridized carbons (Fsp3) is 0.409. The highest BCUT2D eigenvalue weighted by Gasteiger charge is 2.38. The molecule has 1 unspecified atom stereocenters. The average Bonchev–Trinajstić information content (AvgIpc) is 3.24. The van der Waals surface area contributed by atoms with Gasteiger partial charge in [0.05, 0.1) is 10.1 Å². The van der Waals surface area contributed by atoms with Gasteiger partial charge < -0.3 is 15.5 Å². The maximum absolute atomic E-state index is 13.0. The highest BCUT2D eigenvalue weighted by atomic mass is 32.2. The molecule has 1 aliphatic rings. The van der Waals surface area contributed by atoms with Crippen molar-refractivity contribution in [3.05, 3.63) is 54.4 Å². The second kappa shape index (κ2) is 9.91. The van der Waals surface area contributed by atoms with E-state index in [1.165, 1.54) is 19.1 Å². The van der Waals surface area contributed by atoms with Gasteiger partial charge in [-0.15, -0.1) is 0 Å². The van der Waals surface area contributed by atoms with Gasteiger partial charge in [-0.2, -0.15) is 0 Å². The van der Waals surface area contributed by atoms with Crippen molar-refractivity contribution in [2.75, 3.05) is 11.9 Å². The zero-order valence-electron chi connectivity index (χ0n) is 17.7. The minimum absolute atomic E-state index is 0.0252. The Morgan fingerprint density at radius 1 is 1.16 bits per heavy atom. The predicted octanol–water partition coefficient (Wildman–Crippen LogP) is 2.97. The maximum Gasteiger partial charge on any atom is 0.319 e. The van der Waals surface area contributed by atoms with E-state index in [2.05, 4.69) is 15.6 Å². The molecule has 0 radical (unpaired) electrons. The van der Waals surface area contributed by atoms with Crippen LogP contribution in [0.4, 0.5) is 10.5 Å². The molecule has 1 fully saturated rings. The molecule has 0 bridgehead atoms. The highest BCUT2D eigenvalue weighted by Crippen LogP contribution is 2.33. The molecule has 1 aromatic heterocycles. The van der Waals surface area contributed by atoms with Crippen LogP contribution in [0.15, 0.2) is 53.7 Å². The van der Waals surface area contributed by atoms with Gasteiger partial charge in [-0.05, 0) is 62.1 Å². The molecule has 31 heavy (non-hydrogen) atoms. The Bertz CT molecular complexity index is 1010. The number of hydrogen-bond acceptors (Lipinski definition) is 5. The van der Waals surface area contributed by atoms with Gasteiger partial charge in [0.25, 0.3) is 0 Å². The van der Waals surface area contributed by atoms with Crippen molar-refractivity contribution >= 4 is 27.5 Å². The number of aromatic nitrogens is 1. The minimum Gasteiger partial charge on any atom is -0.340 e. The van der Waals surface area contributed by atoms with E-state index in [1.807, 2.05) is 13.0 Å². The van der Waals surface area contributed by atoms with Crippen LogP contribution in [0, 0.1) is 0 Å². The second-order valence-electron chi connectivity index (χ2n) is 7.63. The number of sulfone groups is 1. The van der Waals surface area contributed by atoms with Crippen LogP contribution in [0.25, 0.3) is 0 Å². The van der Waals surface area contributed by atoms with Crippen LogP contribution in [-0.2, 0) is 21.2 Å². The van der Waals surface area contributed by atoms with Crippen molar-refractivity contribution in [2.45, 2.75) is 55.8 Å². The van der Waals surface area contributed by atoms with Gasteiger partial charge >= 0.3 is 6.03 Å². The standard InChI is InChI=1S/C22H28N4O4S/c1-3-26(16(2)27)19-8-11-21(13-19)31(29,30)20-9-6-18(7-10-20)25-22(28)24-15-17-5-4-12-23-14-17/h4-7,9-10,12,14,19,21H,3,8,11,13,15H2,1-2H3,(H2,24,25,28)/t19-,21?/m0/s1. The molecule has 0 saturated heterocycles. The van der Waals surface area contributed by atoms with Crippen LogP contribution >= 0.6 is 0 Å². The first-order valence-corrected chi connectivity index (χ1v) is 11.9. The number of urea groups is 1. The van der Waals surface area contributed by atoms with Crippen molar-refractivity contribution < 1.29 is 18.0 Å². The van der Waals surface area contributed by atoms with E-state index in [9.17, 15) is 18.0 Å². The number of carbonyl (C=O) groups is 2. The summed E-state index contributed by atoms with van der Waals surface area (Å²) in [5.41, 5.74) is 1.38. The Labute approximate surface area is 183 Å². The molecule has 166 valence electrons. The number of pyridine rings is 1. The molecular weight excluding hydrogens is 416 g/mol. The predicted molar refractivity (Wildman–Crippen MR) is 118 cm³/mol. The molecule has 0 spiro atoms. The molecule has 3 amide bonds. The summed E-state index contributed by atoms with van der Waals surface area (Å²) in [6, 6.07) is 9.42. The zero-order valence-corrected chi connectivity index (χ0v) is 18.6. The minimum atomic E-state index is -3.50. The third-order valence-corrected chi connectivity index (χ3v) is 7.83. The number of benzene rings is 1. The highest BCUT2D eigenvalue weighted by molar-refractivity contribution is 7.92. The molecule has 3 rings (SSSR count). The number of amides is 3. The summed E-state index contributed by atoms with van der Waals surface area (Å²) in [5, 5.41) is 4.91. The fourth-order valence-corrected chi connectivity index (χ4v) is 5.82. The molecule has 1 aliphatic carbocycles. The summed E-state index contributed by atoms with van der Waals surface area (Å²) in [5.74, 6) is -0.0252. The molecule has 0 aliphatic heterocycles. The molecule has 1 aromatic carbocycles. The third-order valence-electron chi connectivity index (χ3n) is 5.60. The number of hydrogen-bond donors (Lipinski definition) is 2. The monoisotopic (exact) mass is 444 g/mol. The normalized spacial score (nSPS) is 18.4. The van der Waals surface area contributed by atoms with Crippen molar-refractivity contribution in [1.82, 2.24) is 15.2 Å². The topological polar surface area (TPSA) is 108 Å². The first-order chi connectivity index (χ1) is 14.8.